The second-order valence-electron chi connectivity index (χ2n) is 17.9. The maximum atomic E-state index is 9.69. The largest absolute Gasteiger partial charge is 0.308 e. The van der Waals surface area contributed by atoms with Crippen LogP contribution >= 0.6 is 0 Å². The van der Waals surface area contributed by atoms with Crippen LogP contribution in [0.15, 0.2) is 206 Å². The van der Waals surface area contributed by atoms with Gasteiger partial charge in [0.1, 0.15) is 0 Å². The first-order valence-electron chi connectivity index (χ1n) is 23.5. The molecule has 0 N–H and O–H groups in total. The van der Waals surface area contributed by atoms with E-state index in [1.54, 1.807) is 6.07 Å². The monoisotopic (exact) mass is 938 g/mol. The lowest BCUT2D eigenvalue weighted by Gasteiger charge is -2.20. The van der Waals surface area contributed by atoms with Gasteiger partial charge in [-0.2, -0.15) is 10.5 Å². The Bertz CT molecular complexity index is 4340. The highest BCUT2D eigenvalue weighted by Gasteiger charge is 2.24. The molecule has 0 unspecified atom stereocenters. The van der Waals surface area contributed by atoms with E-state index in [1.807, 2.05) is 121 Å². The summed E-state index contributed by atoms with van der Waals surface area (Å²) in [6.45, 7) is 32.0. The predicted molar refractivity (Wildman–Crippen MR) is 297 cm³/mol. The van der Waals surface area contributed by atoms with E-state index in [2.05, 4.69) is 120 Å². The molecular weight excluding hydrogens is 905 g/mol. The maximum Gasteiger partial charge on any atom is 0.197 e. The number of hydrogen-bond acceptors (Lipinski definition) is 2. The highest BCUT2D eigenvalue weighted by Crippen LogP contribution is 2.46. The Kier molecular flexibility index (Phi) is 10.7. The Morgan fingerprint density at radius 1 is 0.311 bits per heavy atom. The van der Waals surface area contributed by atoms with Crippen molar-refractivity contribution < 1.29 is 0 Å². The summed E-state index contributed by atoms with van der Waals surface area (Å²) >= 11 is 0. The van der Waals surface area contributed by atoms with Gasteiger partial charge < -0.3 is 9.13 Å². The molecule has 0 aliphatic rings. The Morgan fingerprint density at radius 2 is 0.662 bits per heavy atom. The average molecular weight is 939 g/mol. The van der Waals surface area contributed by atoms with Gasteiger partial charge in [0.2, 0.25) is 0 Å². The molecule has 8 heteroatoms. The van der Waals surface area contributed by atoms with Crippen LogP contribution in [0.25, 0.3) is 130 Å². The van der Waals surface area contributed by atoms with Crippen molar-refractivity contribution in [1.82, 2.24) is 9.13 Å². The van der Waals surface area contributed by atoms with Crippen molar-refractivity contribution in [2.24, 2.45) is 0 Å². The molecule has 0 bridgehead atoms. The fraction of sp³-hybridized carbons (Fsp3) is 0. The molecule has 8 nitrogen and oxygen atoms in total. The van der Waals surface area contributed by atoms with Gasteiger partial charge in [0.25, 0.3) is 0 Å². The van der Waals surface area contributed by atoms with E-state index < -0.39 is 0 Å². The van der Waals surface area contributed by atoms with Gasteiger partial charge in [0, 0.05) is 21.5 Å². The van der Waals surface area contributed by atoms with Crippen LogP contribution in [0.2, 0.25) is 0 Å². The van der Waals surface area contributed by atoms with E-state index >= 15 is 0 Å². The van der Waals surface area contributed by atoms with Crippen molar-refractivity contribution in [1.29, 1.82) is 10.5 Å². The van der Waals surface area contributed by atoms with Gasteiger partial charge >= 0.3 is 0 Å². The molecule has 0 aliphatic heterocycles. The van der Waals surface area contributed by atoms with Gasteiger partial charge in [0.05, 0.1) is 83.0 Å². The minimum Gasteiger partial charge on any atom is -0.308 e. The average Bonchev–Trinajstić information content (AvgIpc) is 3.97. The normalized spacial score (nSPS) is 10.9. The Morgan fingerprint density at radius 3 is 1.01 bits per heavy atom. The topological polar surface area (TPSA) is 74.9 Å². The van der Waals surface area contributed by atoms with Crippen LogP contribution in [0.1, 0.15) is 11.1 Å². The van der Waals surface area contributed by atoms with Crippen molar-refractivity contribution in [3.8, 4) is 79.1 Å². The summed E-state index contributed by atoms with van der Waals surface area (Å²) in [6.07, 6.45) is 0. The summed E-state index contributed by atoms with van der Waals surface area (Å²) in [5, 5.41) is 23.3. The van der Waals surface area contributed by atoms with E-state index in [0.717, 1.165) is 105 Å². The number of fused-ring (bicyclic) bond motifs is 6. The van der Waals surface area contributed by atoms with Gasteiger partial charge in [-0.1, -0.05) is 140 Å². The van der Waals surface area contributed by atoms with Crippen LogP contribution in [0.3, 0.4) is 0 Å². The number of aromatic nitrogens is 2. The number of rotatable bonds is 7. The van der Waals surface area contributed by atoms with Crippen molar-refractivity contribution in [2.45, 2.75) is 0 Å². The summed E-state index contributed by atoms with van der Waals surface area (Å²) in [7, 11) is 0. The molecule has 2 heterocycles. The summed E-state index contributed by atoms with van der Waals surface area (Å²) in [5.74, 6) is 0. The zero-order valence-corrected chi connectivity index (χ0v) is 39.2. The molecule has 0 saturated carbocycles. The zero-order chi connectivity index (χ0) is 50.5. The van der Waals surface area contributed by atoms with E-state index in [9.17, 15) is 10.5 Å². The zero-order valence-electron chi connectivity index (χ0n) is 39.2. The van der Waals surface area contributed by atoms with Crippen LogP contribution in [0.5, 0.6) is 0 Å². The first kappa shape index (κ1) is 44.0. The lowest BCUT2D eigenvalue weighted by Crippen LogP contribution is -2.04. The molecule has 0 amide bonds. The third kappa shape index (κ3) is 7.44. The summed E-state index contributed by atoms with van der Waals surface area (Å²) < 4.78 is 4.54. The lowest BCUT2D eigenvalue weighted by atomic mass is 10.00. The fourth-order valence-corrected chi connectivity index (χ4v) is 10.2. The number of nitriles is 2. The lowest BCUT2D eigenvalue weighted by molar-refractivity contribution is 1.10. The smallest absolute Gasteiger partial charge is 0.197 e. The van der Waals surface area contributed by atoms with Crippen LogP contribution < -0.4 is 0 Å². The highest BCUT2D eigenvalue weighted by atomic mass is 15.1. The summed E-state index contributed by atoms with van der Waals surface area (Å²) in [4.78, 5) is 15.3. The standard InChI is InChI=1S/C66H34N8/c1-69-52-24-16-45(17-25-52)49-22-30-56-55-28-20-47(43-12-8-41(39-67)9-13-43)33-61(55)73(62(56)35-49)65-37-59(51-6-5-7-54(32-51)71-3)60(72-4)38-66(65)74-63-34-48(44-14-10-42(40-68)11-15-44)21-29-57(63)58-31-23-50(36-64(58)74)46-18-26-53(70-2)27-19-46/h5-38H. The molecule has 74 heavy (non-hydrogen) atoms. The molecule has 0 spiro atoms. The first-order chi connectivity index (χ1) is 36.4. The van der Waals surface area contributed by atoms with Gasteiger partial charge in [-0.3, -0.25) is 0 Å². The number of hydrogen-bond donors (Lipinski definition) is 0. The molecule has 2 aromatic heterocycles. The van der Waals surface area contributed by atoms with Crippen molar-refractivity contribution in [3.05, 3.63) is 263 Å². The minimum atomic E-state index is 0.398. The molecule has 12 rings (SSSR count). The highest BCUT2D eigenvalue weighted by molar-refractivity contribution is 6.14. The number of benzene rings is 10. The van der Waals surface area contributed by atoms with Crippen molar-refractivity contribution in [3.63, 3.8) is 0 Å². The van der Waals surface area contributed by atoms with E-state index in [-0.39, 0.29) is 0 Å². The molecule has 0 atom stereocenters. The minimum absolute atomic E-state index is 0.398. The summed E-state index contributed by atoms with van der Waals surface area (Å²) in [6, 6.07) is 72.0. The third-order valence-electron chi connectivity index (χ3n) is 13.9. The van der Waals surface area contributed by atoms with Gasteiger partial charge in [-0.15, -0.1) is 0 Å². The van der Waals surface area contributed by atoms with Crippen LogP contribution in [-0.2, 0) is 0 Å². The molecule has 10 aromatic carbocycles. The second-order valence-corrected chi connectivity index (χ2v) is 17.9. The van der Waals surface area contributed by atoms with Crippen LogP contribution in [-0.4, -0.2) is 9.13 Å². The van der Waals surface area contributed by atoms with E-state index in [1.165, 1.54) is 0 Å². The van der Waals surface area contributed by atoms with E-state index in [0.29, 0.717) is 39.4 Å². The predicted octanol–water partition coefficient (Wildman–Crippen LogP) is 18.2. The Labute approximate surface area is 426 Å². The third-order valence-corrected chi connectivity index (χ3v) is 13.9. The summed E-state index contributed by atoms with van der Waals surface area (Å²) in [5.41, 5.74) is 17.1. The van der Waals surface area contributed by atoms with Crippen LogP contribution in [0, 0.1) is 49.0 Å². The first-order valence-corrected chi connectivity index (χ1v) is 23.5. The van der Waals surface area contributed by atoms with Crippen molar-refractivity contribution in [2.75, 3.05) is 0 Å². The Balaban J connectivity index is 1.24. The van der Waals surface area contributed by atoms with Gasteiger partial charge in [-0.25, -0.2) is 19.4 Å². The molecule has 12 aromatic rings. The Hall–Kier alpha value is -11.3. The van der Waals surface area contributed by atoms with Gasteiger partial charge in [0.15, 0.2) is 22.7 Å². The molecular formula is C66H34N8. The SMILES string of the molecule is [C-]#[N+]c1ccc(-c2ccc3c4ccc(-c5ccc(C#N)cc5)cc4n(-c4cc([N+]#[C-])c(-c5cccc([N+]#[C-])c5)cc4-n4c5cc(-c6ccc(C#N)cc6)ccc5c5ccc(-c6ccc([N+]#[C-])cc6)cc54)c3c2)cc1. The molecule has 338 valence electrons. The fourth-order valence-electron chi connectivity index (χ4n) is 10.2. The van der Waals surface area contributed by atoms with Gasteiger partial charge in [-0.05, 0) is 122 Å². The number of nitrogens with zero attached hydrogens (tertiary/aromatic N) is 8. The van der Waals surface area contributed by atoms with E-state index in [4.69, 9.17) is 26.3 Å². The maximum absolute atomic E-state index is 9.69. The molecule has 0 aliphatic carbocycles. The molecule has 0 fully saturated rings. The van der Waals surface area contributed by atoms with Crippen LogP contribution in [0.4, 0.5) is 22.7 Å². The quantitative estimate of drug-likeness (QED) is 0.149. The second kappa shape index (κ2) is 17.9. The van der Waals surface area contributed by atoms with Crippen molar-refractivity contribution >= 4 is 66.4 Å². The molecule has 0 radical (unpaired) electrons. The molecule has 0 saturated heterocycles.